The van der Waals surface area contributed by atoms with Crippen molar-refractivity contribution in [1.82, 2.24) is 9.71 Å². The molecule has 0 saturated carbocycles. The number of aromatic nitrogens is 1. The lowest BCUT2D eigenvalue weighted by atomic mass is 10.1. The highest BCUT2D eigenvalue weighted by Gasteiger charge is 2.15. The number of ether oxygens (including phenoxy) is 1. The third-order valence-electron chi connectivity index (χ3n) is 3.78. The Morgan fingerprint density at radius 3 is 2.72 bits per heavy atom. The molecule has 1 N–H and O–H groups in total. The minimum atomic E-state index is -3.60. The Hall–Kier alpha value is -2.22. The van der Waals surface area contributed by atoms with Gasteiger partial charge in [-0.3, -0.25) is 4.98 Å². The molecule has 0 aliphatic carbocycles. The maximum Gasteiger partial charge on any atom is 0.240 e. The lowest BCUT2D eigenvalue weighted by Crippen LogP contribution is -2.23. The normalized spacial score (nSPS) is 11.4. The first-order valence-electron chi connectivity index (χ1n) is 7.61. The van der Waals surface area contributed by atoms with E-state index in [9.17, 15) is 8.42 Å². The van der Waals surface area contributed by atoms with Crippen LogP contribution in [0.1, 0.15) is 11.1 Å². The average molecular weight is 374 g/mol. The Labute approximate surface area is 151 Å². The number of nitrogens with zero attached hydrogens (tertiary/aromatic N) is 1. The summed E-state index contributed by atoms with van der Waals surface area (Å²) in [4.78, 5) is 4.55. The van der Waals surface area contributed by atoms with Gasteiger partial charge in [0.05, 0.1) is 17.7 Å². The molecule has 7 heteroatoms. The molecule has 25 heavy (non-hydrogen) atoms. The summed E-state index contributed by atoms with van der Waals surface area (Å²) in [6.07, 6.45) is 1.69. The predicted molar refractivity (Wildman–Crippen MR) is 99.3 cm³/mol. The molecule has 5 nitrogen and oxygen atoms in total. The summed E-state index contributed by atoms with van der Waals surface area (Å²) >= 11 is 1.60. The van der Waals surface area contributed by atoms with Gasteiger partial charge in [0.15, 0.2) is 0 Å². The molecule has 3 rings (SSSR count). The maximum atomic E-state index is 12.5. The van der Waals surface area contributed by atoms with E-state index in [1.54, 1.807) is 42.8 Å². The number of benzene rings is 1. The molecule has 0 aliphatic heterocycles. The van der Waals surface area contributed by atoms with Gasteiger partial charge in [-0.05, 0) is 59.8 Å². The van der Waals surface area contributed by atoms with Gasteiger partial charge < -0.3 is 4.74 Å². The van der Waals surface area contributed by atoms with Gasteiger partial charge in [-0.2, -0.15) is 11.3 Å². The van der Waals surface area contributed by atoms with E-state index in [1.165, 1.54) is 6.07 Å². The standard InChI is InChI=1S/C18H18N2O3S2/c1-13-9-16(3-4-18(13)23-2)25(21,22)20-11-14-5-7-19-17(10-14)15-6-8-24-12-15/h3-10,12,20H,11H2,1-2H3. The van der Waals surface area contributed by atoms with Gasteiger partial charge >= 0.3 is 0 Å². The zero-order valence-corrected chi connectivity index (χ0v) is 15.5. The number of thiophene rings is 1. The van der Waals surface area contributed by atoms with Crippen molar-refractivity contribution in [3.63, 3.8) is 0 Å². The minimum absolute atomic E-state index is 0.201. The van der Waals surface area contributed by atoms with Crippen LogP contribution in [0.3, 0.4) is 0 Å². The number of methoxy groups -OCH3 is 1. The molecule has 0 spiro atoms. The number of hydrogen-bond acceptors (Lipinski definition) is 5. The first-order valence-corrected chi connectivity index (χ1v) is 10.0. The summed E-state index contributed by atoms with van der Waals surface area (Å²) in [7, 11) is -2.04. The van der Waals surface area contributed by atoms with Gasteiger partial charge in [-0.25, -0.2) is 13.1 Å². The summed E-state index contributed by atoms with van der Waals surface area (Å²) in [5.41, 5.74) is 3.48. The summed E-state index contributed by atoms with van der Waals surface area (Å²) in [5.74, 6) is 0.661. The molecular weight excluding hydrogens is 356 g/mol. The van der Waals surface area contributed by atoms with Crippen LogP contribution >= 0.6 is 11.3 Å². The Balaban J connectivity index is 1.76. The fourth-order valence-corrected chi connectivity index (χ4v) is 4.18. The van der Waals surface area contributed by atoms with E-state index < -0.39 is 10.0 Å². The lowest BCUT2D eigenvalue weighted by Gasteiger charge is -2.10. The van der Waals surface area contributed by atoms with Crippen LogP contribution in [0.15, 0.2) is 58.3 Å². The van der Waals surface area contributed by atoms with Crippen molar-refractivity contribution in [2.75, 3.05) is 7.11 Å². The molecule has 0 aliphatic rings. The number of pyridine rings is 1. The fraction of sp³-hybridized carbons (Fsp3) is 0.167. The lowest BCUT2D eigenvalue weighted by molar-refractivity contribution is 0.411. The van der Waals surface area contributed by atoms with Crippen molar-refractivity contribution in [2.24, 2.45) is 0 Å². The average Bonchev–Trinajstić information content (AvgIpc) is 3.15. The molecule has 0 fully saturated rings. The van der Waals surface area contributed by atoms with Gasteiger partial charge in [-0.15, -0.1) is 0 Å². The molecule has 0 bridgehead atoms. The van der Waals surface area contributed by atoms with Gasteiger partial charge in [0.2, 0.25) is 10.0 Å². The smallest absolute Gasteiger partial charge is 0.240 e. The monoisotopic (exact) mass is 374 g/mol. The zero-order chi connectivity index (χ0) is 17.9. The second-order valence-electron chi connectivity index (χ2n) is 5.52. The van der Waals surface area contributed by atoms with Crippen molar-refractivity contribution in [2.45, 2.75) is 18.4 Å². The third kappa shape index (κ3) is 4.07. The maximum absolute atomic E-state index is 12.5. The summed E-state index contributed by atoms with van der Waals surface area (Å²) < 4.78 is 32.8. The van der Waals surface area contributed by atoms with E-state index in [0.717, 1.165) is 22.4 Å². The zero-order valence-electron chi connectivity index (χ0n) is 13.9. The number of nitrogens with one attached hydrogen (secondary N) is 1. The van der Waals surface area contributed by atoms with Crippen molar-refractivity contribution in [1.29, 1.82) is 0 Å². The second kappa shape index (κ2) is 7.35. The summed E-state index contributed by atoms with van der Waals surface area (Å²) in [6.45, 7) is 2.01. The molecule has 0 atom stereocenters. The molecule has 130 valence electrons. The van der Waals surface area contributed by atoms with Gasteiger partial charge in [0, 0.05) is 23.7 Å². The highest BCUT2D eigenvalue weighted by molar-refractivity contribution is 7.89. The highest BCUT2D eigenvalue weighted by Crippen LogP contribution is 2.22. The number of sulfonamides is 1. The van der Waals surface area contributed by atoms with Crippen LogP contribution in [0.2, 0.25) is 0 Å². The van der Waals surface area contributed by atoms with Crippen molar-refractivity contribution in [3.8, 4) is 17.0 Å². The van der Waals surface area contributed by atoms with Crippen LogP contribution in [-0.2, 0) is 16.6 Å². The number of aryl methyl sites for hydroxylation is 1. The van der Waals surface area contributed by atoms with Gasteiger partial charge in [-0.1, -0.05) is 0 Å². The van der Waals surface area contributed by atoms with E-state index in [4.69, 9.17) is 4.74 Å². The van der Waals surface area contributed by atoms with E-state index in [1.807, 2.05) is 29.8 Å². The number of hydrogen-bond donors (Lipinski definition) is 1. The first kappa shape index (κ1) is 17.6. The molecule has 0 unspecified atom stereocenters. The van der Waals surface area contributed by atoms with E-state index in [-0.39, 0.29) is 11.4 Å². The molecule has 3 aromatic rings. The van der Waals surface area contributed by atoms with Crippen LogP contribution in [-0.4, -0.2) is 20.5 Å². The molecule has 1 aromatic carbocycles. The molecule has 0 saturated heterocycles. The first-order chi connectivity index (χ1) is 12.0. The SMILES string of the molecule is COc1ccc(S(=O)(=O)NCc2ccnc(-c3ccsc3)c2)cc1C. The Bertz CT molecular complexity index is 968. The summed E-state index contributed by atoms with van der Waals surface area (Å²) in [6, 6.07) is 10.5. The highest BCUT2D eigenvalue weighted by atomic mass is 32.2. The molecule has 2 aromatic heterocycles. The fourth-order valence-electron chi connectivity index (χ4n) is 2.43. The second-order valence-corrected chi connectivity index (χ2v) is 8.06. The molecule has 0 radical (unpaired) electrons. The Morgan fingerprint density at radius 2 is 2.04 bits per heavy atom. The van der Waals surface area contributed by atoms with Crippen LogP contribution in [0.25, 0.3) is 11.3 Å². The molecule has 2 heterocycles. The molecular formula is C18H18N2O3S2. The Morgan fingerprint density at radius 1 is 1.20 bits per heavy atom. The Kier molecular flexibility index (Phi) is 5.17. The molecule has 0 amide bonds. The van der Waals surface area contributed by atoms with Crippen LogP contribution in [0.5, 0.6) is 5.75 Å². The third-order valence-corrected chi connectivity index (χ3v) is 5.87. The largest absolute Gasteiger partial charge is 0.496 e. The van der Waals surface area contributed by atoms with Crippen LogP contribution in [0.4, 0.5) is 0 Å². The van der Waals surface area contributed by atoms with Crippen molar-refractivity contribution in [3.05, 3.63) is 64.5 Å². The van der Waals surface area contributed by atoms with Gasteiger partial charge in [0.1, 0.15) is 5.75 Å². The summed E-state index contributed by atoms with van der Waals surface area (Å²) in [5, 5.41) is 3.99. The van der Waals surface area contributed by atoms with E-state index in [0.29, 0.717) is 5.75 Å². The minimum Gasteiger partial charge on any atom is -0.496 e. The van der Waals surface area contributed by atoms with Crippen molar-refractivity contribution >= 4 is 21.4 Å². The number of rotatable bonds is 6. The van der Waals surface area contributed by atoms with E-state index in [2.05, 4.69) is 9.71 Å². The van der Waals surface area contributed by atoms with Gasteiger partial charge in [0.25, 0.3) is 0 Å². The quantitative estimate of drug-likeness (QED) is 0.716. The van der Waals surface area contributed by atoms with Crippen LogP contribution in [0, 0.1) is 6.92 Å². The predicted octanol–water partition coefficient (Wildman–Crippen LogP) is 3.61. The topological polar surface area (TPSA) is 68.3 Å². The van der Waals surface area contributed by atoms with E-state index >= 15 is 0 Å². The van der Waals surface area contributed by atoms with Crippen LogP contribution < -0.4 is 9.46 Å². The van der Waals surface area contributed by atoms with Crippen molar-refractivity contribution < 1.29 is 13.2 Å².